The lowest BCUT2D eigenvalue weighted by Gasteiger charge is -2.13. The van der Waals surface area contributed by atoms with Crippen LogP contribution in [0, 0.1) is 0 Å². The van der Waals surface area contributed by atoms with Gasteiger partial charge < -0.3 is 0 Å². The van der Waals surface area contributed by atoms with Crippen LogP contribution >= 0.6 is 0 Å². The Bertz CT molecular complexity index is 166. The average Bonchev–Trinajstić information content (AvgIpc) is 1.94. The maximum atomic E-state index is 4.03. The molecule has 1 aliphatic rings. The van der Waals surface area contributed by atoms with Crippen molar-refractivity contribution in [3.63, 3.8) is 0 Å². The molecule has 0 amide bonds. The van der Waals surface area contributed by atoms with E-state index in [0.717, 1.165) is 0 Å². The topological polar surface area (TPSA) is 12.4 Å². The Labute approximate surface area is 62.9 Å². The van der Waals surface area contributed by atoms with Gasteiger partial charge in [0, 0.05) is 13.3 Å². The van der Waals surface area contributed by atoms with Crippen molar-refractivity contribution in [2.45, 2.75) is 32.6 Å². The molecule has 0 aliphatic heterocycles. The van der Waals surface area contributed by atoms with E-state index in [2.05, 4.69) is 11.9 Å². The van der Waals surface area contributed by atoms with Gasteiger partial charge in [0.15, 0.2) is 0 Å². The Kier molecular flexibility index (Phi) is 2.67. The van der Waals surface area contributed by atoms with Gasteiger partial charge in [-0.25, -0.2) is 0 Å². The van der Waals surface area contributed by atoms with Crippen LogP contribution in [-0.2, 0) is 0 Å². The van der Waals surface area contributed by atoms with Gasteiger partial charge in [-0.1, -0.05) is 5.57 Å². The molecule has 10 heavy (non-hydrogen) atoms. The van der Waals surface area contributed by atoms with Crippen molar-refractivity contribution in [3.05, 3.63) is 11.1 Å². The van der Waals surface area contributed by atoms with Gasteiger partial charge in [0.25, 0.3) is 0 Å². The summed E-state index contributed by atoms with van der Waals surface area (Å²) in [5.41, 5.74) is 3.01. The lowest BCUT2D eigenvalue weighted by atomic mass is 9.94. The summed E-state index contributed by atoms with van der Waals surface area (Å²) < 4.78 is 0. The quantitative estimate of drug-likeness (QED) is 0.492. The summed E-state index contributed by atoms with van der Waals surface area (Å²) in [5.74, 6) is 0. The Morgan fingerprint density at radius 2 is 2.00 bits per heavy atom. The van der Waals surface area contributed by atoms with Gasteiger partial charge in [0.2, 0.25) is 0 Å². The minimum atomic E-state index is 1.24. The first-order valence-corrected chi connectivity index (χ1v) is 3.95. The van der Waals surface area contributed by atoms with Gasteiger partial charge in [-0.2, -0.15) is 0 Å². The summed E-state index contributed by atoms with van der Waals surface area (Å²) in [6.45, 7) is 2.22. The molecule has 0 unspecified atom stereocenters. The van der Waals surface area contributed by atoms with Crippen LogP contribution in [0.1, 0.15) is 32.6 Å². The van der Waals surface area contributed by atoms with E-state index in [0.29, 0.717) is 0 Å². The first-order chi connectivity index (χ1) is 4.84. The first kappa shape index (κ1) is 7.52. The summed E-state index contributed by atoms with van der Waals surface area (Å²) in [4.78, 5) is 4.03. The van der Waals surface area contributed by atoms with Crippen molar-refractivity contribution >= 4 is 6.21 Å². The molecule has 0 aromatic heterocycles. The Hall–Kier alpha value is -0.590. The fraction of sp³-hybridized carbons (Fsp3) is 0.667. The van der Waals surface area contributed by atoms with E-state index in [1.807, 2.05) is 13.3 Å². The van der Waals surface area contributed by atoms with Crippen molar-refractivity contribution in [3.8, 4) is 0 Å². The Morgan fingerprint density at radius 1 is 1.30 bits per heavy atom. The molecule has 0 saturated heterocycles. The van der Waals surface area contributed by atoms with Crippen LogP contribution in [-0.4, -0.2) is 13.3 Å². The van der Waals surface area contributed by atoms with Gasteiger partial charge in [0.05, 0.1) is 0 Å². The van der Waals surface area contributed by atoms with Gasteiger partial charge in [-0.15, -0.1) is 0 Å². The lowest BCUT2D eigenvalue weighted by Crippen LogP contribution is -1.97. The average molecular weight is 137 g/mol. The van der Waals surface area contributed by atoms with Gasteiger partial charge in [-0.05, 0) is 38.2 Å². The monoisotopic (exact) mass is 137 g/mol. The van der Waals surface area contributed by atoms with E-state index in [9.17, 15) is 0 Å². The minimum Gasteiger partial charge on any atom is -0.296 e. The van der Waals surface area contributed by atoms with E-state index in [1.165, 1.54) is 36.8 Å². The molecule has 1 aliphatic carbocycles. The molecule has 56 valence electrons. The molecular weight excluding hydrogens is 122 g/mol. The van der Waals surface area contributed by atoms with Crippen LogP contribution in [0.15, 0.2) is 16.1 Å². The summed E-state index contributed by atoms with van der Waals surface area (Å²) >= 11 is 0. The molecule has 0 radical (unpaired) electrons. The normalized spacial score (nSPS) is 20.6. The molecule has 1 rings (SSSR count). The number of hydrogen-bond donors (Lipinski definition) is 0. The number of nitrogens with zero attached hydrogens (tertiary/aromatic N) is 1. The van der Waals surface area contributed by atoms with Crippen LogP contribution in [0.3, 0.4) is 0 Å². The highest BCUT2D eigenvalue weighted by molar-refractivity contribution is 5.79. The molecule has 0 aromatic carbocycles. The third-order valence-corrected chi connectivity index (χ3v) is 2.08. The zero-order valence-electron chi connectivity index (χ0n) is 6.85. The highest BCUT2D eigenvalue weighted by atomic mass is 14.6. The van der Waals surface area contributed by atoms with Crippen LogP contribution in [0.25, 0.3) is 0 Å². The molecule has 0 atom stereocenters. The first-order valence-electron chi connectivity index (χ1n) is 3.95. The maximum Gasteiger partial charge on any atom is 0.0277 e. The van der Waals surface area contributed by atoms with E-state index in [1.54, 1.807) is 0 Å². The molecular formula is C9H15N. The van der Waals surface area contributed by atoms with E-state index in [-0.39, 0.29) is 0 Å². The second-order valence-electron chi connectivity index (χ2n) is 2.90. The predicted octanol–water partition coefficient (Wildman–Crippen LogP) is 2.58. The smallest absolute Gasteiger partial charge is 0.0277 e. The number of allylic oxidation sites excluding steroid dienone is 2. The van der Waals surface area contributed by atoms with Crippen molar-refractivity contribution < 1.29 is 0 Å². The summed E-state index contributed by atoms with van der Waals surface area (Å²) in [5, 5.41) is 0. The zero-order chi connectivity index (χ0) is 7.40. The van der Waals surface area contributed by atoms with Gasteiger partial charge in [0.1, 0.15) is 0 Å². The van der Waals surface area contributed by atoms with Crippen LogP contribution in [0.2, 0.25) is 0 Å². The molecule has 1 nitrogen and oxygen atoms in total. The molecule has 0 spiro atoms. The van der Waals surface area contributed by atoms with Crippen molar-refractivity contribution in [2.24, 2.45) is 4.99 Å². The molecule has 0 N–H and O–H groups in total. The molecule has 0 aromatic rings. The van der Waals surface area contributed by atoms with E-state index in [4.69, 9.17) is 0 Å². The van der Waals surface area contributed by atoms with Crippen molar-refractivity contribution in [1.82, 2.24) is 0 Å². The highest BCUT2D eigenvalue weighted by Crippen LogP contribution is 2.22. The SMILES string of the molecule is CN=CC1=C(C)CCCC1. The molecule has 0 saturated carbocycles. The second-order valence-corrected chi connectivity index (χ2v) is 2.90. The fourth-order valence-corrected chi connectivity index (χ4v) is 1.41. The lowest BCUT2D eigenvalue weighted by molar-refractivity contribution is 0.690. The predicted molar refractivity (Wildman–Crippen MR) is 45.6 cm³/mol. The molecule has 0 fully saturated rings. The van der Waals surface area contributed by atoms with Crippen LogP contribution in [0.5, 0.6) is 0 Å². The number of aliphatic imine (C=N–C) groups is 1. The maximum absolute atomic E-state index is 4.03. The molecule has 0 bridgehead atoms. The fourth-order valence-electron chi connectivity index (χ4n) is 1.41. The van der Waals surface area contributed by atoms with Crippen molar-refractivity contribution in [2.75, 3.05) is 7.05 Å². The zero-order valence-corrected chi connectivity index (χ0v) is 6.85. The largest absolute Gasteiger partial charge is 0.296 e. The standard InChI is InChI=1S/C9H15N/c1-8-5-3-4-6-9(8)7-10-2/h7H,3-6H2,1-2H3. The van der Waals surface area contributed by atoms with Crippen molar-refractivity contribution in [1.29, 1.82) is 0 Å². The second kappa shape index (κ2) is 3.55. The Morgan fingerprint density at radius 3 is 2.60 bits per heavy atom. The molecule has 1 heteroatoms. The van der Waals surface area contributed by atoms with Crippen LogP contribution in [0.4, 0.5) is 0 Å². The number of hydrogen-bond acceptors (Lipinski definition) is 1. The summed E-state index contributed by atoms with van der Waals surface area (Å²) in [6.07, 6.45) is 7.24. The summed E-state index contributed by atoms with van der Waals surface area (Å²) in [7, 11) is 1.84. The van der Waals surface area contributed by atoms with Crippen LogP contribution < -0.4 is 0 Å². The van der Waals surface area contributed by atoms with Gasteiger partial charge in [-0.3, -0.25) is 4.99 Å². The third-order valence-electron chi connectivity index (χ3n) is 2.08. The number of rotatable bonds is 1. The highest BCUT2D eigenvalue weighted by Gasteiger charge is 2.05. The van der Waals surface area contributed by atoms with Gasteiger partial charge >= 0.3 is 0 Å². The Balaban J connectivity index is 2.68. The molecule has 0 heterocycles. The minimum absolute atomic E-state index is 1.24. The van der Waals surface area contributed by atoms with E-state index < -0.39 is 0 Å². The van der Waals surface area contributed by atoms with E-state index >= 15 is 0 Å². The summed E-state index contributed by atoms with van der Waals surface area (Å²) in [6, 6.07) is 0. The third kappa shape index (κ3) is 1.69.